The smallest absolute Gasteiger partial charge is 0.269 e. The number of hydrogen-bond acceptors (Lipinski definition) is 4. The molecule has 0 atom stereocenters. The summed E-state index contributed by atoms with van der Waals surface area (Å²) >= 11 is 0. The third-order valence-corrected chi connectivity index (χ3v) is 1.95. The molecule has 2 rings (SSSR count). The summed E-state index contributed by atoms with van der Waals surface area (Å²) in [5, 5.41) is 9.82. The van der Waals surface area contributed by atoms with E-state index in [0.717, 1.165) is 0 Å². The van der Waals surface area contributed by atoms with E-state index in [9.17, 15) is 19.7 Å². The molecule has 7 heteroatoms. The van der Waals surface area contributed by atoms with Crippen molar-refractivity contribution in [3.05, 3.63) is 55.2 Å². The molecule has 1 aromatic heterocycles. The highest BCUT2D eigenvalue weighted by Crippen LogP contribution is 2.05. The minimum atomic E-state index is -1.05. The second kappa shape index (κ2) is 3.05. The van der Waals surface area contributed by atoms with Crippen LogP contribution in [0.1, 0.15) is 0 Å². The SMILES string of the molecule is O=c1[nH]c(=O)n([N+](=O)[O-])c2ccccc12. The monoisotopic (exact) mass is 207 g/mol. The fraction of sp³-hybridized carbons (Fsp3) is 0. The first kappa shape index (κ1) is 9.13. The Bertz CT molecular complexity index is 655. The lowest BCUT2D eigenvalue weighted by Gasteiger charge is -1.98. The molecule has 0 aliphatic heterocycles. The number of aromatic amines is 1. The van der Waals surface area contributed by atoms with Gasteiger partial charge in [0.2, 0.25) is 0 Å². The van der Waals surface area contributed by atoms with Crippen LogP contribution in [0, 0.1) is 10.1 Å². The van der Waals surface area contributed by atoms with Crippen LogP contribution in [0.2, 0.25) is 0 Å². The minimum absolute atomic E-state index is 0.0174. The molecule has 0 aliphatic carbocycles. The molecule has 0 unspecified atom stereocenters. The van der Waals surface area contributed by atoms with Crippen LogP contribution in [0.25, 0.3) is 10.9 Å². The average Bonchev–Trinajstić information content (AvgIpc) is 2.17. The molecule has 0 aliphatic rings. The van der Waals surface area contributed by atoms with Gasteiger partial charge in [0.05, 0.1) is 5.39 Å². The maximum absolute atomic E-state index is 11.3. The van der Waals surface area contributed by atoms with E-state index in [0.29, 0.717) is 4.68 Å². The van der Waals surface area contributed by atoms with E-state index >= 15 is 0 Å². The predicted molar refractivity (Wildman–Crippen MR) is 51.2 cm³/mol. The van der Waals surface area contributed by atoms with Crippen molar-refractivity contribution in [3.63, 3.8) is 0 Å². The van der Waals surface area contributed by atoms with Gasteiger partial charge in [-0.05, 0) is 16.8 Å². The number of rotatable bonds is 1. The molecule has 1 heterocycles. The molecule has 0 saturated carbocycles. The highest BCUT2D eigenvalue weighted by molar-refractivity contribution is 5.77. The molecule has 0 amide bonds. The maximum atomic E-state index is 11.3. The Kier molecular flexibility index (Phi) is 1.86. The van der Waals surface area contributed by atoms with E-state index in [1.165, 1.54) is 18.2 Å². The molecule has 1 N–H and O–H groups in total. The van der Waals surface area contributed by atoms with E-state index in [2.05, 4.69) is 0 Å². The first-order valence-corrected chi connectivity index (χ1v) is 4.00. The van der Waals surface area contributed by atoms with Crippen LogP contribution in [0.4, 0.5) is 0 Å². The van der Waals surface area contributed by atoms with Gasteiger partial charge in [-0.1, -0.05) is 12.1 Å². The zero-order valence-electron chi connectivity index (χ0n) is 7.34. The number of aromatic nitrogens is 2. The van der Waals surface area contributed by atoms with Crippen molar-refractivity contribution in [2.75, 3.05) is 0 Å². The Balaban J connectivity index is 3.10. The number of nitrogens with one attached hydrogen (secondary N) is 1. The van der Waals surface area contributed by atoms with Gasteiger partial charge < -0.3 is 0 Å². The summed E-state index contributed by atoms with van der Waals surface area (Å²) in [6, 6.07) is 5.83. The van der Waals surface area contributed by atoms with Gasteiger partial charge >= 0.3 is 5.69 Å². The van der Waals surface area contributed by atoms with Crippen LogP contribution in [-0.4, -0.2) is 14.7 Å². The molecule has 0 radical (unpaired) electrons. The number of benzene rings is 1. The van der Waals surface area contributed by atoms with Crippen molar-refractivity contribution in [3.8, 4) is 0 Å². The first-order chi connectivity index (χ1) is 7.11. The van der Waals surface area contributed by atoms with Crippen molar-refractivity contribution in [1.29, 1.82) is 0 Å². The third kappa shape index (κ3) is 1.30. The second-order valence-electron chi connectivity index (χ2n) is 2.83. The van der Waals surface area contributed by atoms with Crippen molar-refractivity contribution >= 4 is 10.9 Å². The van der Waals surface area contributed by atoms with Gasteiger partial charge in [-0.25, -0.2) is 14.9 Å². The fourth-order valence-corrected chi connectivity index (χ4v) is 1.34. The molecule has 1 aromatic carbocycles. The molecule has 7 nitrogen and oxygen atoms in total. The number of H-pyrrole nitrogens is 1. The predicted octanol–water partition coefficient (Wildman–Crippen LogP) is -0.270. The molecular formula is C8H5N3O4. The van der Waals surface area contributed by atoms with Crippen molar-refractivity contribution in [2.24, 2.45) is 0 Å². The molecule has 0 spiro atoms. The van der Waals surface area contributed by atoms with Crippen molar-refractivity contribution in [1.82, 2.24) is 9.66 Å². The highest BCUT2D eigenvalue weighted by Gasteiger charge is 2.13. The van der Waals surface area contributed by atoms with E-state index in [1.54, 1.807) is 6.07 Å². The summed E-state index contributed by atoms with van der Waals surface area (Å²) < 4.78 is 0.302. The van der Waals surface area contributed by atoms with Gasteiger partial charge in [0.1, 0.15) is 5.52 Å². The lowest BCUT2D eigenvalue weighted by atomic mass is 10.2. The van der Waals surface area contributed by atoms with Gasteiger partial charge in [-0.15, -0.1) is 0 Å². The first-order valence-electron chi connectivity index (χ1n) is 4.00. The quantitative estimate of drug-likeness (QED) is 0.514. The number of nitrogens with zero attached hydrogens (tertiary/aromatic N) is 2. The minimum Gasteiger partial charge on any atom is -0.269 e. The summed E-state index contributed by atoms with van der Waals surface area (Å²) in [4.78, 5) is 34.9. The van der Waals surface area contributed by atoms with Crippen LogP contribution in [0.5, 0.6) is 0 Å². The van der Waals surface area contributed by atoms with E-state index in [4.69, 9.17) is 0 Å². The highest BCUT2D eigenvalue weighted by atomic mass is 16.7. The van der Waals surface area contributed by atoms with Gasteiger partial charge in [-0.3, -0.25) is 9.78 Å². The molecule has 0 fully saturated rings. The molecule has 0 saturated heterocycles. The van der Waals surface area contributed by atoms with E-state index < -0.39 is 16.3 Å². The molecule has 15 heavy (non-hydrogen) atoms. The molecule has 2 aromatic rings. The van der Waals surface area contributed by atoms with Crippen LogP contribution in [0.3, 0.4) is 0 Å². The normalized spacial score (nSPS) is 10.4. The zero-order chi connectivity index (χ0) is 11.0. The number of nitro groups is 1. The Morgan fingerprint density at radius 3 is 2.60 bits per heavy atom. The zero-order valence-corrected chi connectivity index (χ0v) is 7.34. The van der Waals surface area contributed by atoms with Gasteiger partial charge in [0.15, 0.2) is 5.03 Å². The number of hydrogen-bond donors (Lipinski definition) is 1. The van der Waals surface area contributed by atoms with Crippen LogP contribution >= 0.6 is 0 Å². The Morgan fingerprint density at radius 2 is 1.93 bits per heavy atom. The van der Waals surface area contributed by atoms with E-state index in [1.807, 2.05) is 4.98 Å². The van der Waals surface area contributed by atoms with Gasteiger partial charge in [0, 0.05) is 0 Å². The fourth-order valence-electron chi connectivity index (χ4n) is 1.34. The summed E-state index contributed by atoms with van der Waals surface area (Å²) in [6.07, 6.45) is 0. The molecule has 0 bridgehead atoms. The summed E-state index contributed by atoms with van der Waals surface area (Å²) in [6.45, 7) is 0. The van der Waals surface area contributed by atoms with Crippen LogP contribution < -0.4 is 11.2 Å². The Morgan fingerprint density at radius 1 is 1.27 bits per heavy atom. The lowest BCUT2D eigenvalue weighted by Crippen LogP contribution is -2.34. The molecular weight excluding hydrogens is 202 g/mol. The molecule has 76 valence electrons. The number of fused-ring (bicyclic) bond motifs is 1. The Labute approximate surface area is 81.7 Å². The largest absolute Gasteiger partial charge is 0.388 e. The topological polar surface area (TPSA) is 98.0 Å². The third-order valence-electron chi connectivity index (χ3n) is 1.95. The summed E-state index contributed by atoms with van der Waals surface area (Å²) in [5.41, 5.74) is -1.70. The van der Waals surface area contributed by atoms with E-state index in [-0.39, 0.29) is 10.9 Å². The van der Waals surface area contributed by atoms with Crippen molar-refractivity contribution < 1.29 is 5.03 Å². The maximum Gasteiger partial charge on any atom is 0.388 e. The van der Waals surface area contributed by atoms with Crippen molar-refractivity contribution in [2.45, 2.75) is 0 Å². The average molecular weight is 207 g/mol. The Hall–Kier alpha value is -2.44. The van der Waals surface area contributed by atoms with Crippen LogP contribution in [0.15, 0.2) is 33.9 Å². The van der Waals surface area contributed by atoms with Gasteiger partial charge in [0.25, 0.3) is 5.56 Å². The lowest BCUT2D eigenvalue weighted by molar-refractivity contribution is -0.541. The van der Waals surface area contributed by atoms with Crippen LogP contribution in [-0.2, 0) is 0 Å². The summed E-state index contributed by atoms with van der Waals surface area (Å²) in [7, 11) is 0. The summed E-state index contributed by atoms with van der Waals surface area (Å²) in [5.74, 6) is 0. The van der Waals surface area contributed by atoms with Gasteiger partial charge in [-0.2, -0.15) is 0 Å². The second-order valence-corrected chi connectivity index (χ2v) is 2.83. The number of para-hydroxylation sites is 1. The standard InChI is InChI=1S/C8H5N3O4/c12-7-5-3-1-2-4-6(5)10(11(14)15)8(13)9-7/h1-4H,(H,9,12,13).